The van der Waals surface area contributed by atoms with Crippen molar-refractivity contribution in [2.24, 2.45) is 0 Å². The van der Waals surface area contributed by atoms with Crippen LogP contribution in [0.2, 0.25) is 0 Å². The molecular weight excluding hydrogens is 298 g/mol. The van der Waals surface area contributed by atoms with Crippen LogP contribution < -0.4 is 5.32 Å². The molecule has 128 valence electrons. The SMILES string of the molecule is C[C@H](N[C@H]1CC[C@H](OCc2ccccc2)C[C@@H]1O)c1ccccc1. The van der Waals surface area contributed by atoms with Gasteiger partial charge in [-0.05, 0) is 30.9 Å². The summed E-state index contributed by atoms with van der Waals surface area (Å²) in [5.74, 6) is 0. The average molecular weight is 325 g/mol. The Morgan fingerprint density at radius 2 is 1.71 bits per heavy atom. The van der Waals surface area contributed by atoms with Crippen molar-refractivity contribution >= 4 is 0 Å². The van der Waals surface area contributed by atoms with Crippen LogP contribution in [0.4, 0.5) is 0 Å². The van der Waals surface area contributed by atoms with Crippen LogP contribution in [-0.4, -0.2) is 23.4 Å². The van der Waals surface area contributed by atoms with Crippen molar-refractivity contribution in [3.05, 3.63) is 71.8 Å². The molecule has 4 atom stereocenters. The van der Waals surface area contributed by atoms with Crippen molar-refractivity contribution in [2.45, 2.75) is 57.1 Å². The monoisotopic (exact) mass is 325 g/mol. The maximum atomic E-state index is 10.5. The van der Waals surface area contributed by atoms with Crippen molar-refractivity contribution < 1.29 is 9.84 Å². The summed E-state index contributed by atoms with van der Waals surface area (Å²) in [5, 5.41) is 14.1. The minimum Gasteiger partial charge on any atom is -0.391 e. The van der Waals surface area contributed by atoms with Gasteiger partial charge in [0.05, 0.1) is 18.8 Å². The van der Waals surface area contributed by atoms with E-state index in [1.807, 2.05) is 24.3 Å². The molecule has 2 aromatic rings. The minimum atomic E-state index is -0.356. The van der Waals surface area contributed by atoms with Gasteiger partial charge in [-0.1, -0.05) is 60.7 Å². The molecule has 1 saturated carbocycles. The molecule has 0 aliphatic heterocycles. The molecule has 0 bridgehead atoms. The maximum Gasteiger partial charge on any atom is 0.0720 e. The van der Waals surface area contributed by atoms with E-state index in [0.29, 0.717) is 13.0 Å². The third-order valence-corrected chi connectivity index (χ3v) is 4.86. The average Bonchev–Trinajstić information content (AvgIpc) is 2.63. The van der Waals surface area contributed by atoms with Crippen LogP contribution in [0.25, 0.3) is 0 Å². The van der Waals surface area contributed by atoms with Crippen molar-refractivity contribution in [3.8, 4) is 0 Å². The van der Waals surface area contributed by atoms with E-state index in [-0.39, 0.29) is 24.3 Å². The molecule has 24 heavy (non-hydrogen) atoms. The predicted octanol–water partition coefficient (Wildman–Crippen LogP) is 3.84. The van der Waals surface area contributed by atoms with E-state index < -0.39 is 0 Å². The fourth-order valence-corrected chi connectivity index (χ4v) is 3.40. The number of hydrogen-bond acceptors (Lipinski definition) is 3. The fraction of sp³-hybridized carbons (Fsp3) is 0.429. The van der Waals surface area contributed by atoms with Gasteiger partial charge in [0.15, 0.2) is 0 Å². The van der Waals surface area contributed by atoms with E-state index in [1.54, 1.807) is 0 Å². The van der Waals surface area contributed by atoms with Crippen LogP contribution in [0, 0.1) is 0 Å². The first-order valence-corrected chi connectivity index (χ1v) is 8.87. The third kappa shape index (κ3) is 4.67. The zero-order valence-electron chi connectivity index (χ0n) is 14.3. The maximum absolute atomic E-state index is 10.5. The molecule has 0 amide bonds. The van der Waals surface area contributed by atoms with Crippen molar-refractivity contribution in [1.29, 1.82) is 0 Å². The standard InChI is InChI=1S/C21H27NO2/c1-16(18-10-6-3-7-11-18)22-20-13-12-19(14-21(20)23)24-15-17-8-4-2-5-9-17/h2-11,16,19-23H,12-15H2,1H3/t16-,19-,20-,21-/m0/s1. The summed E-state index contributed by atoms with van der Waals surface area (Å²) in [6.07, 6.45) is 2.42. The summed E-state index contributed by atoms with van der Waals surface area (Å²) < 4.78 is 5.99. The fourth-order valence-electron chi connectivity index (χ4n) is 3.40. The summed E-state index contributed by atoms with van der Waals surface area (Å²) in [6.45, 7) is 2.77. The number of ether oxygens (including phenoxy) is 1. The lowest BCUT2D eigenvalue weighted by Crippen LogP contribution is -2.46. The molecule has 0 heterocycles. The lowest BCUT2D eigenvalue weighted by atomic mass is 9.89. The smallest absolute Gasteiger partial charge is 0.0720 e. The summed E-state index contributed by atoms with van der Waals surface area (Å²) in [6, 6.07) is 21.0. The third-order valence-electron chi connectivity index (χ3n) is 4.86. The molecule has 1 fully saturated rings. The molecule has 2 N–H and O–H groups in total. The number of aliphatic hydroxyl groups excluding tert-OH is 1. The largest absolute Gasteiger partial charge is 0.391 e. The molecule has 2 aromatic carbocycles. The lowest BCUT2D eigenvalue weighted by Gasteiger charge is -2.35. The zero-order chi connectivity index (χ0) is 16.8. The molecule has 0 aromatic heterocycles. The molecule has 0 radical (unpaired) electrons. The zero-order valence-corrected chi connectivity index (χ0v) is 14.3. The number of nitrogens with one attached hydrogen (secondary N) is 1. The molecule has 0 spiro atoms. The number of hydrogen-bond donors (Lipinski definition) is 2. The molecule has 1 aliphatic rings. The highest BCUT2D eigenvalue weighted by Gasteiger charge is 2.30. The molecule has 3 heteroatoms. The van der Waals surface area contributed by atoms with E-state index in [2.05, 4.69) is 48.6 Å². The van der Waals surface area contributed by atoms with Crippen molar-refractivity contribution in [1.82, 2.24) is 5.32 Å². The van der Waals surface area contributed by atoms with Gasteiger partial charge in [0.2, 0.25) is 0 Å². The quantitative estimate of drug-likeness (QED) is 0.848. The Morgan fingerprint density at radius 3 is 2.38 bits per heavy atom. The highest BCUT2D eigenvalue weighted by Crippen LogP contribution is 2.25. The van der Waals surface area contributed by atoms with Crippen molar-refractivity contribution in [2.75, 3.05) is 0 Å². The van der Waals surface area contributed by atoms with Gasteiger partial charge < -0.3 is 15.2 Å². The van der Waals surface area contributed by atoms with E-state index >= 15 is 0 Å². The topological polar surface area (TPSA) is 41.5 Å². The lowest BCUT2D eigenvalue weighted by molar-refractivity contribution is -0.0370. The summed E-state index contributed by atoms with van der Waals surface area (Å²) >= 11 is 0. The number of aliphatic hydroxyl groups is 1. The van der Waals surface area contributed by atoms with Gasteiger partial charge in [-0.15, -0.1) is 0 Å². The van der Waals surface area contributed by atoms with E-state index in [4.69, 9.17) is 4.74 Å². The van der Waals surface area contributed by atoms with Gasteiger partial charge in [-0.25, -0.2) is 0 Å². The van der Waals surface area contributed by atoms with Crippen LogP contribution in [-0.2, 0) is 11.3 Å². The number of rotatable bonds is 6. The highest BCUT2D eigenvalue weighted by molar-refractivity contribution is 5.18. The molecule has 1 aliphatic carbocycles. The summed E-state index contributed by atoms with van der Waals surface area (Å²) in [7, 11) is 0. The number of benzene rings is 2. The van der Waals surface area contributed by atoms with Crippen LogP contribution in [0.5, 0.6) is 0 Å². The Kier molecular flexibility index (Phi) is 6.02. The second-order valence-corrected chi connectivity index (χ2v) is 6.70. The predicted molar refractivity (Wildman–Crippen MR) is 96.7 cm³/mol. The molecule has 0 saturated heterocycles. The molecule has 0 unspecified atom stereocenters. The Labute approximate surface area is 144 Å². The highest BCUT2D eigenvalue weighted by atomic mass is 16.5. The van der Waals surface area contributed by atoms with Crippen molar-refractivity contribution in [3.63, 3.8) is 0 Å². The van der Waals surface area contributed by atoms with E-state index in [0.717, 1.165) is 12.8 Å². The molecule has 3 rings (SSSR count). The van der Waals surface area contributed by atoms with Gasteiger partial charge in [0, 0.05) is 18.5 Å². The summed E-state index contributed by atoms with van der Waals surface area (Å²) in [5.41, 5.74) is 2.44. The second kappa shape index (κ2) is 8.43. The van der Waals surface area contributed by atoms with Crippen LogP contribution >= 0.6 is 0 Å². The van der Waals surface area contributed by atoms with Gasteiger partial charge in [0.25, 0.3) is 0 Å². The Hall–Kier alpha value is -1.68. The van der Waals surface area contributed by atoms with Crippen LogP contribution in [0.15, 0.2) is 60.7 Å². The van der Waals surface area contributed by atoms with Crippen LogP contribution in [0.1, 0.15) is 43.4 Å². The summed E-state index contributed by atoms with van der Waals surface area (Å²) in [4.78, 5) is 0. The molecular formula is C21H27NO2. The Bertz CT molecular complexity index is 602. The molecule has 3 nitrogen and oxygen atoms in total. The first-order valence-electron chi connectivity index (χ1n) is 8.87. The first kappa shape index (κ1) is 17.2. The van der Waals surface area contributed by atoms with Gasteiger partial charge in [-0.2, -0.15) is 0 Å². The van der Waals surface area contributed by atoms with Gasteiger partial charge >= 0.3 is 0 Å². The van der Waals surface area contributed by atoms with Gasteiger partial charge in [-0.3, -0.25) is 0 Å². The first-order chi connectivity index (χ1) is 11.7. The normalized spacial score (nSPS) is 25.3. The Morgan fingerprint density at radius 1 is 1.04 bits per heavy atom. The second-order valence-electron chi connectivity index (χ2n) is 6.70. The van der Waals surface area contributed by atoms with Crippen LogP contribution in [0.3, 0.4) is 0 Å². The van der Waals surface area contributed by atoms with E-state index in [1.165, 1.54) is 11.1 Å². The van der Waals surface area contributed by atoms with E-state index in [9.17, 15) is 5.11 Å². The minimum absolute atomic E-state index is 0.136. The Balaban J connectivity index is 1.46. The van der Waals surface area contributed by atoms with Gasteiger partial charge in [0.1, 0.15) is 0 Å².